The summed E-state index contributed by atoms with van der Waals surface area (Å²) in [5, 5.41) is 0. The lowest BCUT2D eigenvalue weighted by atomic mass is 9.67. The minimum absolute atomic E-state index is 0.0806. The average molecular weight is 426 g/mol. The van der Waals surface area contributed by atoms with Crippen molar-refractivity contribution in [1.29, 1.82) is 0 Å². The zero-order valence-corrected chi connectivity index (χ0v) is 18.7. The number of hydrogen-bond acceptors (Lipinski definition) is 3. The maximum absolute atomic E-state index is 15.1. The van der Waals surface area contributed by atoms with E-state index in [0.29, 0.717) is 17.9 Å². The Kier molecular flexibility index (Phi) is 4.95. The van der Waals surface area contributed by atoms with Crippen LogP contribution in [0.1, 0.15) is 55.9 Å². The average Bonchev–Trinajstić information content (AvgIpc) is 3.00. The predicted molar refractivity (Wildman–Crippen MR) is 118 cm³/mol. The topological polar surface area (TPSA) is 58.7 Å². The van der Waals surface area contributed by atoms with E-state index in [1.54, 1.807) is 40.0 Å². The van der Waals surface area contributed by atoms with Gasteiger partial charge < -0.3 is 5.73 Å². The Balaban J connectivity index is 1.75. The molecule has 0 saturated carbocycles. The molecule has 4 rings (SSSR count). The number of amides is 1. The van der Waals surface area contributed by atoms with Crippen molar-refractivity contribution in [1.82, 2.24) is 4.90 Å². The second-order valence-corrected chi connectivity index (χ2v) is 9.68. The molecule has 2 aliphatic rings. The second kappa shape index (κ2) is 7.14. The zero-order chi connectivity index (χ0) is 22.7. The molecule has 3 atom stereocenters. The molecular weight excluding hydrogens is 396 g/mol. The predicted octanol–water partition coefficient (Wildman–Crippen LogP) is 4.51. The largest absolute Gasteiger partial charge is 0.369 e. The highest BCUT2D eigenvalue weighted by molar-refractivity contribution is 6.01. The summed E-state index contributed by atoms with van der Waals surface area (Å²) < 4.78 is 28.7. The van der Waals surface area contributed by atoms with E-state index in [0.717, 1.165) is 23.1 Å². The first-order valence-corrected chi connectivity index (χ1v) is 10.7. The number of halogens is 2. The molecule has 4 nitrogen and oxygen atoms in total. The molecule has 1 heterocycles. The van der Waals surface area contributed by atoms with E-state index in [-0.39, 0.29) is 23.6 Å². The van der Waals surface area contributed by atoms with Crippen molar-refractivity contribution in [2.45, 2.75) is 52.0 Å². The van der Waals surface area contributed by atoms with Gasteiger partial charge in [0.15, 0.2) is 5.96 Å². The summed E-state index contributed by atoms with van der Waals surface area (Å²) >= 11 is 0. The number of fused-ring (bicyclic) bond motifs is 1. The standard InChI is InChI=1S/C25H29F2N3O/c1-14-10-16-13-17(26)7-8-18(16)19(14)11-15-6-9-21(27)20(12-15)25(4)24(2,3)22(31)30(5)23(28)29-25/h6-9,12-14,19H,10-11H2,1-5H3,(H2,28,29)/t14?,19?,25-/m1/s1. The van der Waals surface area contributed by atoms with Crippen LogP contribution in [-0.4, -0.2) is 23.8 Å². The van der Waals surface area contributed by atoms with Crippen molar-refractivity contribution in [3.63, 3.8) is 0 Å². The zero-order valence-electron chi connectivity index (χ0n) is 18.7. The van der Waals surface area contributed by atoms with Crippen LogP contribution in [0, 0.1) is 23.0 Å². The van der Waals surface area contributed by atoms with Gasteiger partial charge in [-0.05, 0) is 80.3 Å². The number of guanidine groups is 1. The molecule has 6 heteroatoms. The molecule has 1 aliphatic carbocycles. The lowest BCUT2D eigenvalue weighted by Crippen LogP contribution is -2.58. The van der Waals surface area contributed by atoms with Gasteiger partial charge >= 0.3 is 0 Å². The number of carbonyl (C=O) groups excluding carboxylic acids is 1. The number of nitrogens with two attached hydrogens (primary N) is 1. The van der Waals surface area contributed by atoms with Crippen molar-refractivity contribution >= 4 is 11.9 Å². The Morgan fingerprint density at radius 2 is 1.87 bits per heavy atom. The van der Waals surface area contributed by atoms with Crippen molar-refractivity contribution < 1.29 is 13.6 Å². The molecule has 0 fully saturated rings. The summed E-state index contributed by atoms with van der Waals surface area (Å²) in [6.45, 7) is 7.48. The molecule has 0 bridgehead atoms. The van der Waals surface area contributed by atoms with Crippen LogP contribution >= 0.6 is 0 Å². The van der Waals surface area contributed by atoms with Gasteiger partial charge in [-0.1, -0.05) is 25.1 Å². The van der Waals surface area contributed by atoms with Gasteiger partial charge in [-0.2, -0.15) is 0 Å². The SMILES string of the molecule is CC1Cc2cc(F)ccc2C1Cc1ccc(F)c([C@@]2(C)N=C(N)N(C)C(=O)C2(C)C)c1. The minimum atomic E-state index is -1.14. The molecule has 164 valence electrons. The number of aliphatic imine (C=N–C) groups is 1. The summed E-state index contributed by atoms with van der Waals surface area (Å²) in [6.07, 6.45) is 1.54. The summed E-state index contributed by atoms with van der Waals surface area (Å²) in [6, 6.07) is 10.0. The minimum Gasteiger partial charge on any atom is -0.369 e. The van der Waals surface area contributed by atoms with Gasteiger partial charge in [-0.25, -0.2) is 13.8 Å². The molecule has 2 aromatic carbocycles. The Bertz CT molecular complexity index is 1090. The highest BCUT2D eigenvalue weighted by atomic mass is 19.1. The maximum atomic E-state index is 15.1. The summed E-state index contributed by atoms with van der Waals surface area (Å²) in [4.78, 5) is 18.8. The van der Waals surface area contributed by atoms with Gasteiger partial charge in [0.1, 0.15) is 17.2 Å². The van der Waals surface area contributed by atoms with Crippen LogP contribution < -0.4 is 5.73 Å². The van der Waals surface area contributed by atoms with E-state index in [1.807, 2.05) is 12.1 Å². The van der Waals surface area contributed by atoms with E-state index in [9.17, 15) is 9.18 Å². The Morgan fingerprint density at radius 3 is 2.58 bits per heavy atom. The first-order chi connectivity index (χ1) is 14.5. The van der Waals surface area contributed by atoms with Crippen LogP contribution in [0.4, 0.5) is 8.78 Å². The van der Waals surface area contributed by atoms with Gasteiger partial charge in [0.2, 0.25) is 5.91 Å². The van der Waals surface area contributed by atoms with Crippen molar-refractivity contribution in [2.24, 2.45) is 22.1 Å². The third-order valence-electron chi connectivity index (χ3n) is 7.48. The van der Waals surface area contributed by atoms with E-state index in [4.69, 9.17) is 5.73 Å². The van der Waals surface area contributed by atoms with E-state index in [2.05, 4.69) is 11.9 Å². The Hall–Kier alpha value is -2.76. The van der Waals surface area contributed by atoms with E-state index >= 15 is 4.39 Å². The fourth-order valence-electron chi connectivity index (χ4n) is 5.12. The summed E-state index contributed by atoms with van der Waals surface area (Å²) in [5.41, 5.74) is 7.42. The molecule has 0 radical (unpaired) electrons. The highest BCUT2D eigenvalue weighted by Gasteiger charge is 2.53. The number of carbonyl (C=O) groups is 1. The first kappa shape index (κ1) is 21.5. The van der Waals surface area contributed by atoms with Gasteiger partial charge in [0, 0.05) is 12.6 Å². The monoisotopic (exact) mass is 425 g/mol. The number of rotatable bonds is 3. The third-order valence-corrected chi connectivity index (χ3v) is 7.48. The van der Waals surface area contributed by atoms with Crippen LogP contribution in [0.2, 0.25) is 0 Å². The Morgan fingerprint density at radius 1 is 1.16 bits per heavy atom. The second-order valence-electron chi connectivity index (χ2n) is 9.68. The first-order valence-electron chi connectivity index (χ1n) is 10.7. The smallest absolute Gasteiger partial charge is 0.237 e. The van der Waals surface area contributed by atoms with Gasteiger partial charge in [0.05, 0.1) is 5.41 Å². The lowest BCUT2D eigenvalue weighted by molar-refractivity contribution is -0.140. The molecule has 1 amide bonds. The van der Waals surface area contributed by atoms with E-state index in [1.165, 1.54) is 17.0 Å². The maximum Gasteiger partial charge on any atom is 0.237 e. The van der Waals surface area contributed by atoms with Crippen LogP contribution in [0.3, 0.4) is 0 Å². The van der Waals surface area contributed by atoms with Gasteiger partial charge in [-0.15, -0.1) is 0 Å². The molecule has 0 spiro atoms. The molecule has 2 aromatic rings. The molecule has 2 N–H and O–H groups in total. The Labute approximate surface area is 182 Å². The lowest BCUT2D eigenvalue weighted by Gasteiger charge is -2.46. The van der Waals surface area contributed by atoms with Crippen LogP contribution in [0.25, 0.3) is 0 Å². The van der Waals surface area contributed by atoms with Crippen LogP contribution in [-0.2, 0) is 23.2 Å². The van der Waals surface area contributed by atoms with Gasteiger partial charge in [-0.3, -0.25) is 9.69 Å². The molecule has 1 aliphatic heterocycles. The van der Waals surface area contributed by atoms with Crippen molar-refractivity contribution in [3.8, 4) is 0 Å². The fraction of sp³-hybridized carbons (Fsp3) is 0.440. The van der Waals surface area contributed by atoms with Gasteiger partial charge in [0.25, 0.3) is 0 Å². The molecule has 2 unspecified atom stereocenters. The summed E-state index contributed by atoms with van der Waals surface area (Å²) in [5.74, 6) is -0.161. The molecular formula is C25H29F2N3O. The fourth-order valence-corrected chi connectivity index (χ4v) is 5.12. The van der Waals surface area contributed by atoms with Crippen molar-refractivity contribution in [2.75, 3.05) is 7.05 Å². The highest BCUT2D eigenvalue weighted by Crippen LogP contribution is 2.48. The number of nitrogens with zero attached hydrogens (tertiary/aromatic N) is 2. The quantitative estimate of drug-likeness (QED) is 0.787. The normalized spacial score (nSPS) is 27.3. The van der Waals surface area contributed by atoms with Crippen LogP contribution in [0.5, 0.6) is 0 Å². The molecule has 0 aromatic heterocycles. The molecule has 31 heavy (non-hydrogen) atoms. The summed E-state index contributed by atoms with van der Waals surface area (Å²) in [7, 11) is 1.58. The number of benzene rings is 2. The van der Waals surface area contributed by atoms with E-state index < -0.39 is 16.8 Å². The van der Waals surface area contributed by atoms with Crippen LogP contribution in [0.15, 0.2) is 41.4 Å². The molecule has 0 saturated heterocycles. The number of hydrogen-bond donors (Lipinski definition) is 1. The third kappa shape index (κ3) is 3.24. The van der Waals surface area contributed by atoms with Crippen molar-refractivity contribution in [3.05, 3.63) is 70.3 Å².